The molecule has 30 heavy (non-hydrogen) atoms. The maximum Gasteiger partial charge on any atom is 0.328 e. The standard InChI is InChI=1S/C14H16F4N5O5PS/c1-5(2)27-29(30)25-3-13(10(15)16)9(28-29)14(17,18)11(26-13)23-4-20-6-7(23)21-12(19)22-8(6)24/h4-5,9-11H,3H2,1-2H3,(H3,19,21,22,24)/t9-,11-,13-,29?/m1/s1. The number of ether oxygens (including phenoxy) is 1. The number of nitrogen functional groups attached to an aromatic ring is 1. The van der Waals surface area contributed by atoms with E-state index in [1.54, 1.807) is 13.8 Å². The van der Waals surface area contributed by atoms with Crippen LogP contribution in [0.5, 0.6) is 0 Å². The topological polar surface area (TPSA) is 127 Å². The van der Waals surface area contributed by atoms with E-state index in [9.17, 15) is 13.6 Å². The Balaban J connectivity index is 1.82. The summed E-state index contributed by atoms with van der Waals surface area (Å²) in [5, 5.41) is 0. The third kappa shape index (κ3) is 3.15. The van der Waals surface area contributed by atoms with E-state index in [0.717, 1.165) is 6.33 Å². The molecule has 4 heterocycles. The molecule has 10 nitrogen and oxygen atoms in total. The van der Waals surface area contributed by atoms with Crippen LogP contribution in [-0.2, 0) is 30.1 Å². The average molecular weight is 473 g/mol. The van der Waals surface area contributed by atoms with Gasteiger partial charge < -0.3 is 19.5 Å². The van der Waals surface area contributed by atoms with Gasteiger partial charge in [0.05, 0.1) is 19.0 Å². The number of aromatic nitrogens is 4. The molecule has 4 rings (SSSR count). The Morgan fingerprint density at radius 3 is 2.80 bits per heavy atom. The molecule has 0 aromatic carbocycles. The summed E-state index contributed by atoms with van der Waals surface area (Å²) < 4.78 is 80.2. The quantitative estimate of drug-likeness (QED) is 0.506. The van der Waals surface area contributed by atoms with E-state index in [4.69, 9.17) is 35.8 Å². The Morgan fingerprint density at radius 2 is 2.17 bits per heavy atom. The van der Waals surface area contributed by atoms with Gasteiger partial charge in [0, 0.05) is 0 Å². The summed E-state index contributed by atoms with van der Waals surface area (Å²) in [6.45, 7) is -1.60. The lowest BCUT2D eigenvalue weighted by Gasteiger charge is -2.41. The third-order valence-corrected chi connectivity index (χ3v) is 6.98. The van der Waals surface area contributed by atoms with Gasteiger partial charge in [-0.25, -0.2) is 13.8 Å². The van der Waals surface area contributed by atoms with E-state index in [1.165, 1.54) is 0 Å². The fourth-order valence-corrected chi connectivity index (χ4v) is 5.87. The van der Waals surface area contributed by atoms with Crippen LogP contribution in [0.15, 0.2) is 11.1 Å². The van der Waals surface area contributed by atoms with Crippen LogP contribution in [0, 0.1) is 0 Å². The van der Waals surface area contributed by atoms with Crippen molar-refractivity contribution in [3.05, 3.63) is 16.7 Å². The minimum absolute atomic E-state index is 0.324. The highest BCUT2D eigenvalue weighted by molar-refractivity contribution is 8.07. The molecule has 2 fully saturated rings. The van der Waals surface area contributed by atoms with Crippen molar-refractivity contribution in [2.45, 2.75) is 50.2 Å². The molecule has 4 atom stereocenters. The molecule has 2 aliphatic heterocycles. The summed E-state index contributed by atoms with van der Waals surface area (Å²) in [6.07, 6.45) is -7.98. The van der Waals surface area contributed by atoms with E-state index in [1.807, 2.05) is 0 Å². The highest BCUT2D eigenvalue weighted by Crippen LogP contribution is 2.64. The fraction of sp³-hybridized carbons (Fsp3) is 0.643. The molecular formula is C14H16F4N5O5PS. The first kappa shape index (κ1) is 21.6. The molecule has 2 saturated heterocycles. The molecule has 16 heteroatoms. The summed E-state index contributed by atoms with van der Waals surface area (Å²) in [6, 6.07) is 0. The van der Waals surface area contributed by atoms with Crippen molar-refractivity contribution in [1.82, 2.24) is 19.5 Å². The van der Waals surface area contributed by atoms with Crippen LogP contribution in [0.25, 0.3) is 11.2 Å². The van der Waals surface area contributed by atoms with Gasteiger partial charge in [0.15, 0.2) is 22.9 Å². The van der Waals surface area contributed by atoms with Gasteiger partial charge >= 0.3 is 12.6 Å². The Hall–Kier alpha value is -1.64. The van der Waals surface area contributed by atoms with Gasteiger partial charge in [-0.3, -0.25) is 18.9 Å². The molecular weight excluding hydrogens is 457 g/mol. The van der Waals surface area contributed by atoms with Crippen LogP contribution >= 0.6 is 6.72 Å². The molecule has 1 unspecified atom stereocenters. The molecule has 0 spiro atoms. The van der Waals surface area contributed by atoms with E-state index in [2.05, 4.69) is 15.0 Å². The summed E-state index contributed by atoms with van der Waals surface area (Å²) in [5.41, 5.74) is 1.14. The second-order valence-electron chi connectivity index (χ2n) is 7.04. The van der Waals surface area contributed by atoms with Crippen LogP contribution in [-0.4, -0.2) is 56.3 Å². The smallest absolute Gasteiger partial charge is 0.328 e. The molecule has 2 aromatic rings. The highest BCUT2D eigenvalue weighted by Gasteiger charge is 2.75. The SMILES string of the molecule is CC(C)OP1(=S)OC[C@@]2(C(F)F)O[C@@H](n3cnc4c(=O)[nH]c(N)nc43)C(F)(F)[C@@H]2O1. The molecule has 2 aromatic heterocycles. The van der Waals surface area contributed by atoms with Crippen molar-refractivity contribution in [2.75, 3.05) is 12.3 Å². The number of alkyl halides is 4. The summed E-state index contributed by atoms with van der Waals surface area (Å²) >= 11 is 5.06. The van der Waals surface area contributed by atoms with Crippen LogP contribution in [0.4, 0.5) is 23.5 Å². The highest BCUT2D eigenvalue weighted by atomic mass is 32.5. The number of aromatic amines is 1. The number of rotatable bonds is 4. The van der Waals surface area contributed by atoms with Gasteiger partial charge in [0.25, 0.3) is 12.0 Å². The van der Waals surface area contributed by atoms with Gasteiger partial charge in [-0.2, -0.15) is 13.8 Å². The third-order valence-electron chi connectivity index (χ3n) is 4.55. The van der Waals surface area contributed by atoms with Gasteiger partial charge in [-0.1, -0.05) is 0 Å². The monoisotopic (exact) mass is 473 g/mol. The number of nitrogens with zero attached hydrogens (tertiary/aromatic N) is 3. The Morgan fingerprint density at radius 1 is 1.47 bits per heavy atom. The summed E-state index contributed by atoms with van der Waals surface area (Å²) in [4.78, 5) is 21.6. The van der Waals surface area contributed by atoms with Crippen LogP contribution in [0.2, 0.25) is 0 Å². The van der Waals surface area contributed by atoms with Gasteiger partial charge in [-0.05, 0) is 25.7 Å². The first-order chi connectivity index (χ1) is 13.9. The zero-order chi connectivity index (χ0) is 22.1. The van der Waals surface area contributed by atoms with Crippen molar-refractivity contribution in [3.8, 4) is 0 Å². The molecule has 0 bridgehead atoms. The lowest BCUT2D eigenvalue weighted by molar-refractivity contribution is -0.204. The molecule has 3 N–H and O–H groups in total. The zero-order valence-corrected chi connectivity index (χ0v) is 17.1. The number of nitrogens with one attached hydrogen (secondary N) is 1. The minimum Gasteiger partial charge on any atom is -0.369 e. The van der Waals surface area contributed by atoms with Crippen LogP contribution in [0.1, 0.15) is 20.1 Å². The molecule has 0 saturated carbocycles. The van der Waals surface area contributed by atoms with Crippen molar-refractivity contribution >= 4 is 35.6 Å². The second-order valence-corrected chi connectivity index (χ2v) is 9.95. The second kappa shape index (κ2) is 6.93. The fourth-order valence-electron chi connectivity index (χ4n) is 3.31. The van der Waals surface area contributed by atoms with Gasteiger partial charge in [0.1, 0.15) is 0 Å². The molecule has 0 aliphatic carbocycles. The maximum absolute atomic E-state index is 15.4. The summed E-state index contributed by atoms with van der Waals surface area (Å²) in [5.74, 6) is -4.42. The van der Waals surface area contributed by atoms with Crippen LogP contribution < -0.4 is 11.3 Å². The number of halogens is 4. The number of anilines is 1. The van der Waals surface area contributed by atoms with E-state index >= 15 is 8.78 Å². The van der Waals surface area contributed by atoms with Crippen molar-refractivity contribution in [3.63, 3.8) is 0 Å². The average Bonchev–Trinajstić information content (AvgIpc) is 3.12. The molecule has 0 radical (unpaired) electrons. The first-order valence-corrected chi connectivity index (χ1v) is 11.1. The van der Waals surface area contributed by atoms with E-state index in [-0.39, 0.29) is 17.1 Å². The Labute approximate surface area is 170 Å². The van der Waals surface area contributed by atoms with Crippen molar-refractivity contribution in [1.29, 1.82) is 0 Å². The lowest BCUT2D eigenvalue weighted by Crippen LogP contribution is -2.57. The number of fused-ring (bicyclic) bond motifs is 2. The molecule has 2 aliphatic rings. The van der Waals surface area contributed by atoms with Gasteiger partial charge in [0.2, 0.25) is 12.2 Å². The van der Waals surface area contributed by atoms with Crippen molar-refractivity contribution in [2.24, 2.45) is 0 Å². The van der Waals surface area contributed by atoms with Crippen LogP contribution in [0.3, 0.4) is 0 Å². The summed E-state index contributed by atoms with van der Waals surface area (Å²) in [7, 11) is 0. The number of hydrogen-bond acceptors (Lipinski definition) is 9. The Bertz CT molecular complexity index is 1100. The zero-order valence-electron chi connectivity index (χ0n) is 15.4. The first-order valence-electron chi connectivity index (χ1n) is 8.57. The molecule has 0 amide bonds. The normalized spacial score (nSPS) is 33.5. The Kier molecular flexibility index (Phi) is 4.99. The maximum atomic E-state index is 15.4. The number of nitrogens with two attached hydrogens (primary N) is 1. The number of imidazole rings is 1. The largest absolute Gasteiger partial charge is 0.369 e. The number of H-pyrrole nitrogens is 1. The lowest BCUT2D eigenvalue weighted by atomic mass is 9.96. The number of hydrogen-bond donors (Lipinski definition) is 2. The van der Waals surface area contributed by atoms with Gasteiger partial charge in [-0.15, -0.1) is 0 Å². The van der Waals surface area contributed by atoms with E-state index < -0.39 is 55.3 Å². The predicted octanol–water partition coefficient (Wildman–Crippen LogP) is 1.93. The molecule has 166 valence electrons. The minimum atomic E-state index is -4.04. The van der Waals surface area contributed by atoms with E-state index in [0.29, 0.717) is 4.57 Å². The van der Waals surface area contributed by atoms with Crippen molar-refractivity contribution < 1.29 is 35.9 Å². The predicted molar refractivity (Wildman–Crippen MR) is 97.7 cm³/mol.